The first-order valence-electron chi connectivity index (χ1n) is 6.38. The van der Waals surface area contributed by atoms with E-state index in [-0.39, 0.29) is 0 Å². The highest BCUT2D eigenvalue weighted by molar-refractivity contribution is 6.81. The molecular weight excluding hydrogens is 244 g/mol. The van der Waals surface area contributed by atoms with Crippen LogP contribution >= 0.6 is 0 Å². The molecule has 0 radical (unpaired) electrons. The molecule has 0 aliphatic carbocycles. The fraction of sp³-hybridized carbons (Fsp3) is 0.571. The molecule has 0 N–H and O–H groups in total. The monoisotopic (exact) mass is 266 g/mol. The average molecular weight is 266 g/mol. The van der Waals surface area contributed by atoms with Gasteiger partial charge < -0.3 is 13.6 Å². The first-order chi connectivity index (χ1) is 8.64. The van der Waals surface area contributed by atoms with Gasteiger partial charge in [-0.2, -0.15) is 0 Å². The summed E-state index contributed by atoms with van der Waals surface area (Å²) in [6, 6.07) is 11.3. The molecule has 0 bridgehead atoms. The van der Waals surface area contributed by atoms with Crippen molar-refractivity contribution in [3.05, 3.63) is 30.3 Å². The third kappa shape index (κ3) is 2.67. The summed E-state index contributed by atoms with van der Waals surface area (Å²) in [5, 5.41) is 1.21. The van der Waals surface area contributed by atoms with Gasteiger partial charge in [0.2, 0.25) is 0 Å². The highest BCUT2D eigenvalue weighted by Crippen LogP contribution is 2.34. The summed E-state index contributed by atoms with van der Waals surface area (Å²) in [5.74, 6) is 0. The maximum absolute atomic E-state index is 5.81. The highest BCUT2D eigenvalue weighted by atomic mass is 28.4. The van der Waals surface area contributed by atoms with Gasteiger partial charge in [0.25, 0.3) is 0 Å². The summed E-state index contributed by atoms with van der Waals surface area (Å²) < 4.78 is 16.9. The van der Waals surface area contributed by atoms with Crippen molar-refractivity contribution in [1.29, 1.82) is 0 Å². The van der Waals surface area contributed by atoms with Crippen LogP contribution < -0.4 is 5.19 Å². The van der Waals surface area contributed by atoms with Crippen LogP contribution in [-0.2, 0) is 13.6 Å². The van der Waals surface area contributed by atoms with Crippen molar-refractivity contribution in [2.24, 2.45) is 5.41 Å². The molecule has 1 heterocycles. The van der Waals surface area contributed by atoms with Crippen LogP contribution in [0.4, 0.5) is 0 Å². The standard InChI is InChI=1S/C14H22O3Si/c1-14(11-17-12-14)9-10-18(15-2,16-3)13-7-5-4-6-8-13/h4-8H,9-12H2,1-3H3. The quantitative estimate of drug-likeness (QED) is 0.738. The Morgan fingerprint density at radius 2 is 1.78 bits per heavy atom. The molecule has 4 heteroatoms. The van der Waals surface area contributed by atoms with E-state index < -0.39 is 8.56 Å². The number of hydrogen-bond acceptors (Lipinski definition) is 3. The Labute approximate surface area is 110 Å². The highest BCUT2D eigenvalue weighted by Gasteiger charge is 2.42. The summed E-state index contributed by atoms with van der Waals surface area (Å²) >= 11 is 0. The van der Waals surface area contributed by atoms with Gasteiger partial charge in [0.1, 0.15) is 0 Å². The topological polar surface area (TPSA) is 27.7 Å². The molecule has 3 nitrogen and oxygen atoms in total. The van der Waals surface area contributed by atoms with E-state index in [2.05, 4.69) is 19.1 Å². The summed E-state index contributed by atoms with van der Waals surface area (Å²) in [5.41, 5.74) is 0.310. The van der Waals surface area contributed by atoms with E-state index in [0.717, 1.165) is 25.7 Å². The van der Waals surface area contributed by atoms with Crippen LogP contribution in [0.3, 0.4) is 0 Å². The van der Waals surface area contributed by atoms with Gasteiger partial charge in [-0.05, 0) is 17.7 Å². The van der Waals surface area contributed by atoms with E-state index in [9.17, 15) is 0 Å². The van der Waals surface area contributed by atoms with E-state index in [1.807, 2.05) is 18.2 Å². The molecule has 1 aromatic carbocycles. The van der Waals surface area contributed by atoms with Crippen molar-refractivity contribution in [3.63, 3.8) is 0 Å². The molecular formula is C14H22O3Si. The van der Waals surface area contributed by atoms with Crippen LogP contribution in [0.15, 0.2) is 30.3 Å². The zero-order valence-electron chi connectivity index (χ0n) is 11.4. The summed E-state index contributed by atoms with van der Waals surface area (Å²) in [6.07, 6.45) is 1.09. The molecule has 1 saturated heterocycles. The Bertz CT molecular complexity index is 372. The molecule has 1 aliphatic heterocycles. The summed E-state index contributed by atoms with van der Waals surface area (Å²) in [6.45, 7) is 3.99. The summed E-state index contributed by atoms with van der Waals surface area (Å²) in [4.78, 5) is 0. The molecule has 0 atom stereocenters. The normalized spacial score (nSPS) is 18.4. The van der Waals surface area contributed by atoms with Gasteiger partial charge >= 0.3 is 8.56 Å². The van der Waals surface area contributed by atoms with Crippen LogP contribution in [0.2, 0.25) is 6.04 Å². The van der Waals surface area contributed by atoms with Crippen LogP contribution in [0.5, 0.6) is 0 Å². The lowest BCUT2D eigenvalue weighted by Crippen LogP contribution is -2.54. The predicted octanol–water partition coefficient (Wildman–Crippen LogP) is 2.06. The van der Waals surface area contributed by atoms with E-state index in [1.165, 1.54) is 5.19 Å². The molecule has 1 fully saturated rings. The van der Waals surface area contributed by atoms with E-state index in [4.69, 9.17) is 13.6 Å². The minimum absolute atomic E-state index is 0.310. The molecule has 0 unspecified atom stereocenters. The smallest absolute Gasteiger partial charge is 0.372 e. The first kappa shape index (κ1) is 13.7. The molecule has 0 aromatic heterocycles. The molecule has 0 saturated carbocycles. The average Bonchev–Trinajstić information content (AvgIpc) is 2.40. The van der Waals surface area contributed by atoms with Crippen molar-refractivity contribution in [1.82, 2.24) is 0 Å². The van der Waals surface area contributed by atoms with E-state index in [0.29, 0.717) is 5.41 Å². The van der Waals surface area contributed by atoms with Gasteiger partial charge in [-0.1, -0.05) is 37.3 Å². The van der Waals surface area contributed by atoms with Gasteiger partial charge in [0.15, 0.2) is 0 Å². The lowest BCUT2D eigenvalue weighted by molar-refractivity contribution is -0.103. The Morgan fingerprint density at radius 3 is 2.22 bits per heavy atom. The van der Waals surface area contributed by atoms with Crippen molar-refractivity contribution in [2.75, 3.05) is 27.4 Å². The largest absolute Gasteiger partial charge is 0.394 e. The van der Waals surface area contributed by atoms with Crippen molar-refractivity contribution in [3.8, 4) is 0 Å². The maximum Gasteiger partial charge on any atom is 0.372 e. The fourth-order valence-electron chi connectivity index (χ4n) is 2.42. The first-order valence-corrected chi connectivity index (χ1v) is 8.40. The lowest BCUT2D eigenvalue weighted by atomic mass is 9.86. The van der Waals surface area contributed by atoms with Crippen LogP contribution in [0, 0.1) is 5.41 Å². The lowest BCUT2D eigenvalue weighted by Gasteiger charge is -2.40. The second-order valence-corrected chi connectivity index (χ2v) is 8.73. The number of hydrogen-bond donors (Lipinski definition) is 0. The van der Waals surface area contributed by atoms with Gasteiger partial charge in [0, 0.05) is 19.6 Å². The van der Waals surface area contributed by atoms with E-state index in [1.54, 1.807) is 14.2 Å². The molecule has 18 heavy (non-hydrogen) atoms. The Kier molecular flexibility index (Phi) is 4.22. The molecule has 0 amide bonds. The van der Waals surface area contributed by atoms with Gasteiger partial charge in [-0.25, -0.2) is 0 Å². The predicted molar refractivity (Wildman–Crippen MR) is 74.2 cm³/mol. The fourth-order valence-corrected chi connectivity index (χ4v) is 5.39. The Morgan fingerprint density at radius 1 is 1.17 bits per heavy atom. The van der Waals surface area contributed by atoms with Crippen LogP contribution in [0.25, 0.3) is 0 Å². The van der Waals surface area contributed by atoms with Crippen LogP contribution in [-0.4, -0.2) is 36.0 Å². The number of ether oxygens (including phenoxy) is 1. The molecule has 2 rings (SSSR count). The van der Waals surface area contributed by atoms with Crippen molar-refractivity contribution in [2.45, 2.75) is 19.4 Å². The van der Waals surface area contributed by atoms with Gasteiger partial charge in [0.05, 0.1) is 13.2 Å². The zero-order chi connectivity index (χ0) is 13.1. The molecule has 0 spiro atoms. The minimum Gasteiger partial charge on any atom is -0.394 e. The zero-order valence-corrected chi connectivity index (χ0v) is 12.4. The molecule has 100 valence electrons. The van der Waals surface area contributed by atoms with Crippen molar-refractivity contribution < 1.29 is 13.6 Å². The molecule has 1 aromatic rings. The number of rotatable bonds is 6. The van der Waals surface area contributed by atoms with Crippen molar-refractivity contribution >= 4 is 13.7 Å². The second kappa shape index (κ2) is 5.53. The number of benzene rings is 1. The van der Waals surface area contributed by atoms with Crippen LogP contribution in [0.1, 0.15) is 13.3 Å². The second-order valence-electron chi connectivity index (χ2n) is 5.33. The van der Waals surface area contributed by atoms with E-state index >= 15 is 0 Å². The van der Waals surface area contributed by atoms with Gasteiger partial charge in [-0.3, -0.25) is 0 Å². The van der Waals surface area contributed by atoms with Gasteiger partial charge in [-0.15, -0.1) is 0 Å². The SMILES string of the molecule is CO[Si](CCC1(C)COC1)(OC)c1ccccc1. The third-order valence-electron chi connectivity index (χ3n) is 3.83. The maximum atomic E-state index is 5.81. The third-order valence-corrected chi connectivity index (χ3v) is 7.27. The Hall–Kier alpha value is -0.683. The summed E-state index contributed by atoms with van der Waals surface area (Å²) in [7, 11) is 1.27. The molecule has 1 aliphatic rings. The minimum atomic E-state index is -2.27. The Balaban J connectivity index is 2.11.